The van der Waals surface area contributed by atoms with Crippen LogP contribution in [0.15, 0.2) is 0 Å². The van der Waals surface area contributed by atoms with E-state index in [4.69, 9.17) is 10.2 Å². The van der Waals surface area contributed by atoms with Crippen molar-refractivity contribution in [1.82, 2.24) is 5.32 Å². The van der Waals surface area contributed by atoms with Crippen LogP contribution in [0.25, 0.3) is 0 Å². The number of carboxylic acids is 1. The van der Waals surface area contributed by atoms with Gasteiger partial charge in [-0.1, -0.05) is 6.42 Å². The van der Waals surface area contributed by atoms with Gasteiger partial charge in [0.15, 0.2) is 0 Å². The average molecular weight is 201 g/mol. The molecule has 0 spiro atoms. The van der Waals surface area contributed by atoms with Crippen LogP contribution in [-0.2, 0) is 4.79 Å². The van der Waals surface area contributed by atoms with Crippen LogP contribution in [0.3, 0.4) is 0 Å². The quantitative estimate of drug-likeness (QED) is 0.623. The molecule has 1 fully saturated rings. The number of carboxylic acid groups (broad SMARTS) is 1. The lowest BCUT2D eigenvalue weighted by atomic mass is 9.86. The minimum Gasteiger partial charge on any atom is -0.481 e. The van der Waals surface area contributed by atoms with Gasteiger partial charge in [0.1, 0.15) is 0 Å². The molecular weight excluding hydrogens is 182 g/mol. The topological polar surface area (TPSA) is 69.6 Å². The Morgan fingerprint density at radius 3 is 2.86 bits per heavy atom. The lowest BCUT2D eigenvalue weighted by Gasteiger charge is -2.27. The van der Waals surface area contributed by atoms with Gasteiger partial charge >= 0.3 is 5.97 Å². The molecule has 1 aliphatic carbocycles. The minimum absolute atomic E-state index is 0.199. The molecule has 1 rings (SSSR count). The molecule has 0 aromatic rings. The molecule has 0 radical (unpaired) electrons. The number of rotatable bonds is 4. The summed E-state index contributed by atoms with van der Waals surface area (Å²) in [6.07, 6.45) is 3.12. The van der Waals surface area contributed by atoms with E-state index >= 15 is 0 Å². The number of aliphatic hydroxyl groups is 1. The molecular formula is C10H19NO3. The predicted molar refractivity (Wildman–Crippen MR) is 53.1 cm³/mol. The lowest BCUT2D eigenvalue weighted by molar-refractivity contribution is -0.143. The zero-order valence-corrected chi connectivity index (χ0v) is 8.57. The maximum atomic E-state index is 10.8. The first-order valence-corrected chi connectivity index (χ1v) is 5.24. The summed E-state index contributed by atoms with van der Waals surface area (Å²) in [7, 11) is 0. The summed E-state index contributed by atoms with van der Waals surface area (Å²) in [5.41, 5.74) is 0. The molecule has 1 saturated carbocycles. The first kappa shape index (κ1) is 11.5. The van der Waals surface area contributed by atoms with Gasteiger partial charge in [-0.2, -0.15) is 0 Å². The van der Waals surface area contributed by atoms with Gasteiger partial charge in [-0.25, -0.2) is 0 Å². The second-order valence-corrected chi connectivity index (χ2v) is 4.16. The largest absolute Gasteiger partial charge is 0.481 e. The molecule has 4 heteroatoms. The monoisotopic (exact) mass is 201 g/mol. The predicted octanol–water partition coefficient (Wildman–Crippen LogP) is 0.600. The molecule has 0 saturated heterocycles. The van der Waals surface area contributed by atoms with E-state index in [9.17, 15) is 4.79 Å². The summed E-state index contributed by atoms with van der Waals surface area (Å²) in [6.45, 7) is 2.28. The van der Waals surface area contributed by atoms with E-state index in [1.165, 1.54) is 0 Å². The van der Waals surface area contributed by atoms with E-state index in [0.717, 1.165) is 19.3 Å². The Morgan fingerprint density at radius 1 is 1.57 bits per heavy atom. The van der Waals surface area contributed by atoms with Crippen LogP contribution in [0.4, 0.5) is 0 Å². The highest BCUT2D eigenvalue weighted by Gasteiger charge is 2.26. The molecule has 1 aliphatic rings. The van der Waals surface area contributed by atoms with Crippen molar-refractivity contribution in [2.75, 3.05) is 6.54 Å². The molecule has 0 heterocycles. The minimum atomic E-state index is -0.687. The second kappa shape index (κ2) is 5.32. The first-order valence-electron chi connectivity index (χ1n) is 5.24. The van der Waals surface area contributed by atoms with Crippen molar-refractivity contribution < 1.29 is 15.0 Å². The van der Waals surface area contributed by atoms with E-state index in [1.807, 2.05) is 0 Å². The summed E-state index contributed by atoms with van der Waals surface area (Å²) >= 11 is 0. The summed E-state index contributed by atoms with van der Waals surface area (Å²) in [5.74, 6) is -0.885. The standard InChI is InChI=1S/C10H19NO3/c1-7(12)6-11-9-4-2-3-8(5-9)10(13)14/h7-9,11-12H,2-6H2,1H3,(H,13,14). The Bertz CT molecular complexity index is 194. The fraction of sp³-hybridized carbons (Fsp3) is 0.900. The third kappa shape index (κ3) is 3.64. The van der Waals surface area contributed by atoms with Gasteiger partial charge in [0, 0.05) is 12.6 Å². The smallest absolute Gasteiger partial charge is 0.306 e. The fourth-order valence-corrected chi connectivity index (χ4v) is 1.94. The summed E-state index contributed by atoms with van der Waals surface area (Å²) in [6, 6.07) is 0.263. The third-order valence-corrected chi connectivity index (χ3v) is 2.73. The third-order valence-electron chi connectivity index (χ3n) is 2.73. The van der Waals surface area contributed by atoms with Gasteiger partial charge in [-0.15, -0.1) is 0 Å². The van der Waals surface area contributed by atoms with Gasteiger partial charge < -0.3 is 15.5 Å². The van der Waals surface area contributed by atoms with Crippen LogP contribution in [0, 0.1) is 5.92 Å². The van der Waals surface area contributed by atoms with Crippen molar-refractivity contribution in [2.45, 2.75) is 44.8 Å². The van der Waals surface area contributed by atoms with Crippen LogP contribution >= 0.6 is 0 Å². The van der Waals surface area contributed by atoms with Crippen LogP contribution < -0.4 is 5.32 Å². The van der Waals surface area contributed by atoms with Gasteiger partial charge in [-0.3, -0.25) is 4.79 Å². The van der Waals surface area contributed by atoms with Crippen molar-refractivity contribution in [2.24, 2.45) is 5.92 Å². The maximum absolute atomic E-state index is 10.8. The Kier molecular flexibility index (Phi) is 4.35. The molecule has 82 valence electrons. The number of carbonyl (C=O) groups is 1. The molecule has 3 unspecified atom stereocenters. The Balaban J connectivity index is 2.29. The van der Waals surface area contributed by atoms with Crippen LogP contribution in [0.1, 0.15) is 32.6 Å². The normalized spacial score (nSPS) is 29.9. The van der Waals surface area contributed by atoms with Gasteiger partial charge in [0.2, 0.25) is 0 Å². The number of hydrogen-bond acceptors (Lipinski definition) is 3. The van der Waals surface area contributed by atoms with E-state index in [-0.39, 0.29) is 18.1 Å². The molecule has 0 aromatic carbocycles. The van der Waals surface area contributed by atoms with Crippen molar-refractivity contribution in [3.05, 3.63) is 0 Å². The lowest BCUT2D eigenvalue weighted by Crippen LogP contribution is -2.39. The van der Waals surface area contributed by atoms with Gasteiger partial charge in [0.25, 0.3) is 0 Å². The Labute approximate surface area is 84.3 Å². The van der Waals surface area contributed by atoms with Crippen LogP contribution in [0.2, 0.25) is 0 Å². The van der Waals surface area contributed by atoms with Gasteiger partial charge in [-0.05, 0) is 26.2 Å². The van der Waals surface area contributed by atoms with E-state index in [2.05, 4.69) is 5.32 Å². The van der Waals surface area contributed by atoms with E-state index in [1.54, 1.807) is 6.92 Å². The molecule has 0 aromatic heterocycles. The Morgan fingerprint density at radius 2 is 2.29 bits per heavy atom. The molecule has 0 aliphatic heterocycles. The van der Waals surface area contributed by atoms with E-state index < -0.39 is 5.97 Å². The zero-order chi connectivity index (χ0) is 10.6. The summed E-state index contributed by atoms with van der Waals surface area (Å²) in [4.78, 5) is 10.8. The summed E-state index contributed by atoms with van der Waals surface area (Å²) < 4.78 is 0. The molecule has 3 N–H and O–H groups in total. The number of hydrogen-bond donors (Lipinski definition) is 3. The molecule has 14 heavy (non-hydrogen) atoms. The van der Waals surface area contributed by atoms with Crippen LogP contribution in [-0.4, -0.2) is 34.9 Å². The highest BCUT2D eigenvalue weighted by atomic mass is 16.4. The number of aliphatic carboxylic acids is 1. The average Bonchev–Trinajstić information content (AvgIpc) is 2.15. The van der Waals surface area contributed by atoms with Gasteiger partial charge in [0.05, 0.1) is 12.0 Å². The van der Waals surface area contributed by atoms with Crippen molar-refractivity contribution in [3.63, 3.8) is 0 Å². The highest BCUT2D eigenvalue weighted by Crippen LogP contribution is 2.24. The number of aliphatic hydroxyl groups excluding tert-OH is 1. The van der Waals surface area contributed by atoms with Crippen LogP contribution in [0.5, 0.6) is 0 Å². The highest BCUT2D eigenvalue weighted by molar-refractivity contribution is 5.70. The van der Waals surface area contributed by atoms with Crippen molar-refractivity contribution >= 4 is 5.97 Å². The number of nitrogens with one attached hydrogen (secondary N) is 1. The zero-order valence-electron chi connectivity index (χ0n) is 8.57. The molecule has 4 nitrogen and oxygen atoms in total. The fourth-order valence-electron chi connectivity index (χ4n) is 1.94. The van der Waals surface area contributed by atoms with Crippen molar-refractivity contribution in [3.8, 4) is 0 Å². The van der Waals surface area contributed by atoms with Crippen molar-refractivity contribution in [1.29, 1.82) is 0 Å². The molecule has 3 atom stereocenters. The van der Waals surface area contributed by atoms with E-state index in [0.29, 0.717) is 13.0 Å². The first-order chi connectivity index (χ1) is 6.59. The Hall–Kier alpha value is -0.610. The maximum Gasteiger partial charge on any atom is 0.306 e. The molecule has 0 amide bonds. The summed E-state index contributed by atoms with van der Waals surface area (Å²) in [5, 5.41) is 21.1. The molecule has 0 bridgehead atoms. The SMILES string of the molecule is CC(O)CNC1CCCC(C(=O)O)C1. The second-order valence-electron chi connectivity index (χ2n) is 4.16.